The molecule has 1 atom stereocenters. The second-order valence-corrected chi connectivity index (χ2v) is 5.31. The summed E-state index contributed by atoms with van der Waals surface area (Å²) in [5, 5.41) is 17.8. The summed E-state index contributed by atoms with van der Waals surface area (Å²) >= 11 is 0. The maximum Gasteiger partial charge on any atom is 0.330 e. The summed E-state index contributed by atoms with van der Waals surface area (Å²) in [5.74, 6) is -0.195. The van der Waals surface area contributed by atoms with Crippen LogP contribution in [0.2, 0.25) is 0 Å². The van der Waals surface area contributed by atoms with Crippen molar-refractivity contribution < 1.29 is 14.4 Å². The average molecular weight is 284 g/mol. The van der Waals surface area contributed by atoms with Gasteiger partial charge in [-0.15, -0.1) is 5.10 Å². The van der Waals surface area contributed by atoms with E-state index in [1.807, 2.05) is 13.8 Å². The van der Waals surface area contributed by atoms with Crippen molar-refractivity contribution in [2.45, 2.75) is 38.6 Å². The van der Waals surface area contributed by atoms with Crippen molar-refractivity contribution in [3.05, 3.63) is 16.3 Å². The Morgan fingerprint density at radius 3 is 3.00 bits per heavy atom. The molecule has 8 heteroatoms. The van der Waals surface area contributed by atoms with Gasteiger partial charge in [-0.3, -0.25) is 14.8 Å². The Morgan fingerprint density at radius 2 is 2.40 bits per heavy atom. The topological polar surface area (TPSA) is 91.5 Å². The van der Waals surface area contributed by atoms with Crippen LogP contribution in [0, 0.1) is 10.1 Å². The van der Waals surface area contributed by atoms with E-state index >= 15 is 0 Å². The fraction of sp³-hybridized carbons (Fsp3) is 0.750. The second kappa shape index (κ2) is 5.76. The molecule has 1 aliphatic heterocycles. The summed E-state index contributed by atoms with van der Waals surface area (Å²) in [6.07, 6.45) is 3.15. The highest BCUT2D eigenvalue weighted by molar-refractivity contribution is 5.54. The normalized spacial score (nSPS) is 21.1. The van der Waals surface area contributed by atoms with Gasteiger partial charge in [0.1, 0.15) is 6.20 Å². The lowest BCUT2D eigenvalue weighted by atomic mass is 10.2. The van der Waals surface area contributed by atoms with E-state index < -0.39 is 10.7 Å². The van der Waals surface area contributed by atoms with Crippen molar-refractivity contribution in [2.24, 2.45) is 7.05 Å². The number of ether oxygens (including phenoxy) is 2. The first-order chi connectivity index (χ1) is 9.37. The minimum atomic E-state index is -0.502. The smallest absolute Gasteiger partial charge is 0.330 e. The van der Waals surface area contributed by atoms with Crippen LogP contribution in [0.3, 0.4) is 0 Å². The van der Waals surface area contributed by atoms with Crippen molar-refractivity contribution in [1.29, 1.82) is 0 Å². The molecular formula is C12H20N4O4. The van der Waals surface area contributed by atoms with E-state index in [4.69, 9.17) is 9.47 Å². The Kier molecular flexibility index (Phi) is 4.24. The number of rotatable bonds is 6. The lowest BCUT2D eigenvalue weighted by molar-refractivity contribution is -0.384. The van der Waals surface area contributed by atoms with Gasteiger partial charge in [-0.2, -0.15) is 0 Å². The first kappa shape index (κ1) is 14.7. The van der Waals surface area contributed by atoms with Crippen molar-refractivity contribution in [1.82, 2.24) is 9.78 Å². The molecule has 0 bridgehead atoms. The zero-order valence-electron chi connectivity index (χ0n) is 12.0. The molecule has 0 aliphatic carbocycles. The number of nitrogens with zero attached hydrogens (tertiary/aromatic N) is 3. The second-order valence-electron chi connectivity index (χ2n) is 5.31. The standard InChI is InChI=1S/C12H20N4O4/c1-12(2)19-8-9(20-12)5-4-6-13-11-10(16(17)18)7-15(3)14-11/h7,9H,4-6,8H2,1-3H3,(H,13,14)/t9-/m0/s1. The van der Waals surface area contributed by atoms with Crippen LogP contribution in [-0.2, 0) is 16.5 Å². The van der Waals surface area contributed by atoms with Crippen LogP contribution in [0.5, 0.6) is 0 Å². The number of nitro groups is 1. The zero-order chi connectivity index (χ0) is 14.8. The SMILES string of the molecule is Cn1cc([N+](=O)[O-])c(NCCC[C@H]2COC(C)(C)O2)n1. The fourth-order valence-corrected chi connectivity index (χ4v) is 2.18. The third kappa shape index (κ3) is 3.67. The Hall–Kier alpha value is -1.67. The van der Waals surface area contributed by atoms with Gasteiger partial charge in [0.15, 0.2) is 5.79 Å². The van der Waals surface area contributed by atoms with Gasteiger partial charge in [0.05, 0.1) is 17.6 Å². The van der Waals surface area contributed by atoms with Crippen LogP contribution in [0.15, 0.2) is 6.20 Å². The van der Waals surface area contributed by atoms with Gasteiger partial charge < -0.3 is 14.8 Å². The third-order valence-corrected chi connectivity index (χ3v) is 3.07. The molecule has 1 saturated heterocycles. The van der Waals surface area contributed by atoms with E-state index in [1.54, 1.807) is 7.05 Å². The Balaban J connectivity index is 1.75. The predicted molar refractivity (Wildman–Crippen MR) is 72.5 cm³/mol. The van der Waals surface area contributed by atoms with Crippen LogP contribution >= 0.6 is 0 Å². The Labute approximate surface area is 117 Å². The highest BCUT2D eigenvalue weighted by atomic mass is 16.7. The summed E-state index contributed by atoms with van der Waals surface area (Å²) in [5.41, 5.74) is -0.00548. The third-order valence-electron chi connectivity index (χ3n) is 3.07. The van der Waals surface area contributed by atoms with Crippen LogP contribution in [-0.4, -0.2) is 39.7 Å². The van der Waals surface area contributed by atoms with Crippen molar-refractivity contribution >= 4 is 11.5 Å². The van der Waals surface area contributed by atoms with E-state index in [2.05, 4.69) is 10.4 Å². The van der Waals surface area contributed by atoms with Gasteiger partial charge in [-0.05, 0) is 26.7 Å². The molecule has 8 nitrogen and oxygen atoms in total. The van der Waals surface area contributed by atoms with E-state index in [-0.39, 0.29) is 11.8 Å². The molecule has 0 aromatic carbocycles. The van der Waals surface area contributed by atoms with E-state index in [9.17, 15) is 10.1 Å². The molecule has 0 amide bonds. The first-order valence-corrected chi connectivity index (χ1v) is 6.61. The summed E-state index contributed by atoms with van der Waals surface area (Å²) in [6.45, 7) is 4.99. The number of hydrogen-bond acceptors (Lipinski definition) is 6. The average Bonchev–Trinajstić information content (AvgIpc) is 2.88. The molecule has 0 spiro atoms. The van der Waals surface area contributed by atoms with Crippen LogP contribution in [0.25, 0.3) is 0 Å². The van der Waals surface area contributed by atoms with Crippen molar-refractivity contribution in [3.63, 3.8) is 0 Å². The van der Waals surface area contributed by atoms with E-state index in [0.29, 0.717) is 19.0 Å². The Morgan fingerprint density at radius 1 is 1.65 bits per heavy atom. The molecule has 1 fully saturated rings. The highest BCUT2D eigenvalue weighted by Gasteiger charge is 2.32. The summed E-state index contributed by atoms with van der Waals surface area (Å²) in [4.78, 5) is 10.4. The molecule has 1 aliphatic rings. The number of aromatic nitrogens is 2. The fourth-order valence-electron chi connectivity index (χ4n) is 2.18. The molecule has 0 saturated carbocycles. The predicted octanol–water partition coefficient (Wildman–Crippen LogP) is 1.67. The monoisotopic (exact) mass is 284 g/mol. The zero-order valence-corrected chi connectivity index (χ0v) is 12.0. The molecule has 2 heterocycles. The van der Waals surface area contributed by atoms with Gasteiger partial charge >= 0.3 is 5.69 Å². The highest BCUT2D eigenvalue weighted by Crippen LogP contribution is 2.25. The molecule has 0 unspecified atom stereocenters. The molecule has 1 N–H and O–H groups in total. The molecule has 0 radical (unpaired) electrons. The largest absolute Gasteiger partial charge is 0.363 e. The number of anilines is 1. The first-order valence-electron chi connectivity index (χ1n) is 6.61. The van der Waals surface area contributed by atoms with E-state index in [0.717, 1.165) is 12.8 Å². The molecule has 2 rings (SSSR count). The lowest BCUT2D eigenvalue weighted by Gasteiger charge is -2.16. The van der Waals surface area contributed by atoms with Crippen molar-refractivity contribution in [3.8, 4) is 0 Å². The number of nitrogens with one attached hydrogen (secondary N) is 1. The minimum Gasteiger partial charge on any atom is -0.363 e. The quantitative estimate of drug-likeness (QED) is 0.485. The molecule has 1 aromatic rings. The minimum absolute atomic E-state index is 0.00548. The van der Waals surface area contributed by atoms with Crippen LogP contribution in [0.1, 0.15) is 26.7 Å². The number of aryl methyl sites for hydroxylation is 1. The molecule has 20 heavy (non-hydrogen) atoms. The molecule has 1 aromatic heterocycles. The molecule has 112 valence electrons. The van der Waals surface area contributed by atoms with Gasteiger partial charge in [0.2, 0.25) is 5.82 Å². The van der Waals surface area contributed by atoms with E-state index in [1.165, 1.54) is 10.9 Å². The van der Waals surface area contributed by atoms with Gasteiger partial charge in [0, 0.05) is 13.6 Å². The summed E-state index contributed by atoms with van der Waals surface area (Å²) in [6, 6.07) is 0. The number of hydrogen-bond donors (Lipinski definition) is 1. The van der Waals surface area contributed by atoms with Crippen molar-refractivity contribution in [2.75, 3.05) is 18.5 Å². The summed E-state index contributed by atoms with van der Waals surface area (Å²) in [7, 11) is 1.66. The van der Waals surface area contributed by atoms with Crippen LogP contribution < -0.4 is 5.32 Å². The van der Waals surface area contributed by atoms with Gasteiger partial charge in [-0.25, -0.2) is 0 Å². The lowest BCUT2D eigenvalue weighted by Crippen LogP contribution is -2.21. The van der Waals surface area contributed by atoms with Gasteiger partial charge in [0.25, 0.3) is 0 Å². The summed E-state index contributed by atoms with van der Waals surface area (Å²) < 4.78 is 12.6. The maximum absolute atomic E-state index is 10.8. The Bertz CT molecular complexity index is 486. The van der Waals surface area contributed by atoms with Crippen LogP contribution in [0.4, 0.5) is 11.5 Å². The molecular weight excluding hydrogens is 264 g/mol. The maximum atomic E-state index is 10.8. The van der Waals surface area contributed by atoms with Gasteiger partial charge in [-0.1, -0.05) is 0 Å².